The monoisotopic (exact) mass is 1830 g/mol. The molecule has 0 saturated carbocycles. The first-order valence-corrected chi connectivity index (χ1v) is 45.5. The average Bonchev–Trinajstić information content (AvgIpc) is 1.74. The Hall–Kier alpha value is -14.7. The number of rotatable bonds is 4. The molecule has 666 valence electrons. The third-order valence-corrected chi connectivity index (χ3v) is 24.4. The van der Waals surface area contributed by atoms with E-state index in [1.54, 1.807) is 0 Å². The summed E-state index contributed by atoms with van der Waals surface area (Å²) in [6.07, 6.45) is 8.34. The molecule has 8 aliphatic rings. The van der Waals surface area contributed by atoms with E-state index < -0.39 is 0 Å². The Morgan fingerprint density at radius 3 is 0.674 bits per heavy atom. The van der Waals surface area contributed by atoms with Crippen LogP contribution in [-0.4, -0.2) is 136 Å². The van der Waals surface area contributed by atoms with Crippen molar-refractivity contribution in [1.82, 2.24) is 39.9 Å². The van der Waals surface area contributed by atoms with Gasteiger partial charge in [0.25, 0.3) is 0 Å². The van der Waals surface area contributed by atoms with Gasteiger partial charge < -0.3 is 66.8 Å². The standard InChI is InChI=1S/C114H96N8O12.Zn/c1-69-59-71(3)105(72(4)60-69)109-101-39-35-97(115-101)107(83-63-89-67-90(64-83)132-56-48-124-44-52-128-86-25-13-76(14-26-86)94-32-20-80-8-7-79-19-31-93(119-111(79)112(80)120-94)75-11-23-85(24-12-75)127-51-43-123-47-55-131-89)99-37-41-103(117-99)110(106-73(5)61-70(2)62-74(106)6)104-42-38-100(118-104)108(98-36-40-102(109)116-98)84-65-91-68-92(66-84)134-58-50-126-46-54-130-88-29-17-78(18-30-88)96-34-22-82-10-9-81-21-33-95(121-113(81)114(82)122-96)77-15-27-87(28-16-77)129-53-45-125-49-57-133-91;/h7-42,59-68H,43-58H2,1-6H3;/q-2;+2. The first-order chi connectivity index (χ1) is 65.8. The Kier molecular flexibility index (Phi) is 25.9. The van der Waals surface area contributed by atoms with E-state index in [2.05, 4.69) is 163 Å². The minimum Gasteiger partial charge on any atom is -0.657 e. The van der Waals surface area contributed by atoms with E-state index in [4.69, 9.17) is 96.7 Å². The molecule has 0 unspecified atom stereocenters. The van der Waals surface area contributed by atoms with E-state index in [1.165, 1.54) is 0 Å². The second-order valence-corrected chi connectivity index (χ2v) is 33.8. The van der Waals surface area contributed by atoms with E-state index in [-0.39, 0.29) is 72.3 Å². The van der Waals surface area contributed by atoms with Crippen molar-refractivity contribution >= 4 is 90.0 Å². The molecule has 25 rings (SSSR count). The van der Waals surface area contributed by atoms with Gasteiger partial charge in [-0.05, 0) is 278 Å². The molecule has 0 atom stereocenters. The van der Waals surface area contributed by atoms with Gasteiger partial charge in [-0.2, -0.15) is 0 Å². The molecule has 15 heterocycles. The zero-order valence-electron chi connectivity index (χ0n) is 76.1. The molecule has 20 nitrogen and oxygen atoms in total. The Labute approximate surface area is 794 Å². The number of nitrogens with zero attached hydrogens (tertiary/aromatic N) is 8. The zero-order chi connectivity index (χ0) is 90.5. The predicted molar refractivity (Wildman–Crippen MR) is 530 cm³/mol. The Balaban J connectivity index is 0.0000113. The van der Waals surface area contributed by atoms with Crippen LogP contribution in [0.3, 0.4) is 0 Å². The average molecular weight is 1840 g/mol. The second kappa shape index (κ2) is 39.6. The van der Waals surface area contributed by atoms with E-state index >= 15 is 0 Å². The number of aryl methyl sites for hydroxylation is 6. The van der Waals surface area contributed by atoms with Crippen LogP contribution in [-0.2, 0) is 38.4 Å². The van der Waals surface area contributed by atoms with Crippen molar-refractivity contribution in [2.45, 2.75) is 41.5 Å². The van der Waals surface area contributed by atoms with Crippen molar-refractivity contribution in [3.05, 3.63) is 311 Å². The molecule has 0 spiro atoms. The van der Waals surface area contributed by atoms with Gasteiger partial charge in [0, 0.05) is 55.9 Å². The summed E-state index contributed by atoms with van der Waals surface area (Å²) in [5.41, 5.74) is 29.2. The number of ether oxygens (including phenoxy) is 12. The van der Waals surface area contributed by atoms with Crippen molar-refractivity contribution in [2.24, 2.45) is 0 Å². The third-order valence-electron chi connectivity index (χ3n) is 24.4. The second-order valence-electron chi connectivity index (χ2n) is 33.8. The number of hydrogen-bond donors (Lipinski definition) is 0. The van der Waals surface area contributed by atoms with Gasteiger partial charge in [0.2, 0.25) is 0 Å². The predicted octanol–water partition coefficient (Wildman–Crippen LogP) is 23.8. The van der Waals surface area contributed by atoms with E-state index in [9.17, 15) is 0 Å². The van der Waals surface area contributed by atoms with Crippen LogP contribution in [0.25, 0.3) is 180 Å². The van der Waals surface area contributed by atoms with Crippen LogP contribution in [0.4, 0.5) is 0 Å². The van der Waals surface area contributed by atoms with Gasteiger partial charge in [-0.15, -0.1) is 22.1 Å². The van der Waals surface area contributed by atoms with Gasteiger partial charge in [-0.1, -0.05) is 108 Å². The molecular formula is C114H96N8O12Zn. The number of pyridine rings is 4. The van der Waals surface area contributed by atoms with Crippen LogP contribution in [0.1, 0.15) is 56.2 Å². The smallest absolute Gasteiger partial charge is 0.657 e. The number of aromatic nitrogens is 8. The fourth-order valence-corrected chi connectivity index (χ4v) is 18.3. The van der Waals surface area contributed by atoms with Crippen LogP contribution in [0, 0.1) is 41.5 Å². The minimum absolute atomic E-state index is 0. The fourth-order valence-electron chi connectivity index (χ4n) is 18.3. The van der Waals surface area contributed by atoms with Crippen molar-refractivity contribution < 1.29 is 76.3 Å². The molecule has 135 heavy (non-hydrogen) atoms. The van der Waals surface area contributed by atoms with Gasteiger partial charge in [0.1, 0.15) is 98.9 Å². The summed E-state index contributed by atoms with van der Waals surface area (Å²) in [6, 6.07) is 86.1. The Bertz CT molecular complexity index is 6840. The van der Waals surface area contributed by atoms with Gasteiger partial charge >= 0.3 is 19.5 Å². The number of hydrogen-bond acceptors (Lipinski definition) is 18. The molecular weight excluding hydrogens is 1740 g/mol. The molecule has 0 radical (unpaired) electrons. The molecule has 17 aromatic rings. The summed E-state index contributed by atoms with van der Waals surface area (Å²) >= 11 is 0. The van der Waals surface area contributed by atoms with Crippen molar-refractivity contribution in [3.63, 3.8) is 0 Å². The summed E-state index contributed by atoms with van der Waals surface area (Å²) in [6.45, 7) is 17.4. The molecule has 8 aliphatic heterocycles. The molecule has 0 amide bonds. The van der Waals surface area contributed by atoms with Crippen molar-refractivity contribution in [2.75, 3.05) is 106 Å². The van der Waals surface area contributed by atoms with E-state index in [1.807, 2.05) is 158 Å². The quantitative estimate of drug-likeness (QED) is 0.118. The zero-order valence-corrected chi connectivity index (χ0v) is 79.0. The summed E-state index contributed by atoms with van der Waals surface area (Å²) in [5.74, 6) is 5.04. The van der Waals surface area contributed by atoms with E-state index in [0.717, 1.165) is 167 Å². The molecule has 21 heteroatoms. The Morgan fingerprint density at radius 1 is 0.200 bits per heavy atom. The molecule has 28 bridgehead atoms. The first-order valence-electron chi connectivity index (χ1n) is 45.5. The Morgan fingerprint density at radius 2 is 0.422 bits per heavy atom. The third kappa shape index (κ3) is 19.3. The molecule has 0 aliphatic carbocycles. The topological polar surface area (TPSA) is 216 Å². The normalized spacial score (nSPS) is 14.2. The van der Waals surface area contributed by atoms with Gasteiger partial charge in [0.15, 0.2) is 0 Å². The first kappa shape index (κ1) is 88.2. The maximum absolute atomic E-state index is 6.73. The van der Waals surface area contributed by atoms with Crippen molar-refractivity contribution in [3.8, 4) is 136 Å². The molecule has 0 N–H and O–H groups in total. The van der Waals surface area contributed by atoms with Gasteiger partial charge in [0.05, 0.1) is 120 Å². The van der Waals surface area contributed by atoms with Crippen LogP contribution in [0.5, 0.6) is 46.0 Å². The maximum atomic E-state index is 6.73. The van der Waals surface area contributed by atoms with Gasteiger partial charge in [-0.3, -0.25) is 0 Å². The molecule has 0 saturated heterocycles. The van der Waals surface area contributed by atoms with Crippen LogP contribution >= 0.6 is 0 Å². The largest absolute Gasteiger partial charge is 2.00 e. The molecule has 0 fully saturated rings. The number of fused-ring (bicyclic) bond motifs is 12. The van der Waals surface area contributed by atoms with Crippen LogP contribution in [0.2, 0.25) is 0 Å². The minimum atomic E-state index is 0. The SMILES string of the molecule is Cc1cc(C)c(-c2c3nc(c(-c4cc5cc(c4)OCCOCCOc4ccc(cc4)-c4ccc6ccc7ccc(nc7c6n4)-c4ccc(cc4)OCCOCCO5)c4ccc([n-]4)c(-c4c(C)cc(C)cc4C)c4nc(c(-c5cc6cc(c5)OCCOCCOc5ccc(cc5)-c5ccc7ccc8ccc(nc8c7n5)-c5ccc(cc5)OCCOCCO6)c5ccc2[n-]5)C=C4)C=C3)c(C)c1.[Zn+2]. The summed E-state index contributed by atoms with van der Waals surface area (Å²) in [7, 11) is 0. The van der Waals surface area contributed by atoms with E-state index in [0.29, 0.717) is 144 Å². The fraction of sp³-hybridized carbons (Fsp3) is 0.193. The summed E-state index contributed by atoms with van der Waals surface area (Å²) in [5, 5.41) is 4.03. The number of benzene rings is 10. The van der Waals surface area contributed by atoms with Gasteiger partial charge in [-0.25, -0.2) is 29.9 Å². The van der Waals surface area contributed by atoms with Crippen molar-refractivity contribution in [1.29, 1.82) is 0 Å². The van der Waals surface area contributed by atoms with Crippen LogP contribution in [0.15, 0.2) is 255 Å². The molecule has 10 aromatic carbocycles. The molecule has 7 aromatic heterocycles. The summed E-state index contributed by atoms with van der Waals surface area (Å²) in [4.78, 5) is 43.8. The van der Waals surface area contributed by atoms with Crippen LogP contribution < -0.4 is 47.9 Å². The summed E-state index contributed by atoms with van der Waals surface area (Å²) < 4.78 is 76.8. The maximum Gasteiger partial charge on any atom is 2.00 e.